The number of thioether (sulfide) groups is 1. The number of carbonyl (C=O) groups is 2. The van der Waals surface area contributed by atoms with Gasteiger partial charge in [-0.2, -0.15) is 0 Å². The summed E-state index contributed by atoms with van der Waals surface area (Å²) >= 11 is 13.6. The van der Waals surface area contributed by atoms with Gasteiger partial charge in [-0.15, -0.1) is 0 Å². The number of anilines is 1. The van der Waals surface area contributed by atoms with Gasteiger partial charge in [0.25, 0.3) is 11.8 Å². The van der Waals surface area contributed by atoms with Crippen molar-refractivity contribution >= 4 is 58.5 Å². The molecule has 0 spiro atoms. The van der Waals surface area contributed by atoms with E-state index in [1.54, 1.807) is 36.2 Å². The van der Waals surface area contributed by atoms with E-state index >= 15 is 0 Å². The van der Waals surface area contributed by atoms with Crippen LogP contribution in [0.2, 0.25) is 10.0 Å². The number of nitrogens with zero attached hydrogens (tertiary/aromatic N) is 1. The summed E-state index contributed by atoms with van der Waals surface area (Å²) in [6, 6.07) is 20.1. The molecule has 7 heteroatoms. The summed E-state index contributed by atoms with van der Waals surface area (Å²) in [6.45, 7) is 0.325. The molecule has 1 aliphatic heterocycles. The number of hydrogen-bond acceptors (Lipinski definition) is 3. The minimum atomic E-state index is -0.228. The number of hydrogen-bond donors (Lipinski definition) is 1. The SMILES string of the molecule is CN1C(=O)/C(=C\c2cccc(Cl)c2)Sc2ccc(C(=O)NCc3ccccc3Cl)cc21. The zero-order valence-electron chi connectivity index (χ0n) is 16.6. The van der Waals surface area contributed by atoms with Gasteiger partial charge in [-0.05, 0) is 53.6 Å². The first-order valence-corrected chi connectivity index (χ1v) is 11.1. The number of rotatable bonds is 4. The van der Waals surface area contributed by atoms with Crippen LogP contribution in [-0.4, -0.2) is 18.9 Å². The molecule has 1 N–H and O–H groups in total. The number of amides is 2. The van der Waals surface area contributed by atoms with Crippen molar-refractivity contribution in [3.8, 4) is 0 Å². The molecule has 0 atom stereocenters. The zero-order chi connectivity index (χ0) is 22.0. The zero-order valence-corrected chi connectivity index (χ0v) is 18.9. The van der Waals surface area contributed by atoms with Crippen molar-refractivity contribution in [1.82, 2.24) is 5.32 Å². The highest BCUT2D eigenvalue weighted by atomic mass is 35.5. The molecule has 4 nitrogen and oxygen atoms in total. The number of carbonyl (C=O) groups excluding carboxylic acids is 2. The summed E-state index contributed by atoms with van der Waals surface area (Å²) in [5.41, 5.74) is 2.88. The molecule has 2 amide bonds. The fraction of sp³-hybridized carbons (Fsp3) is 0.0833. The van der Waals surface area contributed by atoms with E-state index < -0.39 is 0 Å². The largest absolute Gasteiger partial charge is 0.348 e. The third kappa shape index (κ3) is 4.79. The molecule has 4 rings (SSSR count). The Labute approximate surface area is 194 Å². The Morgan fingerprint density at radius 3 is 2.65 bits per heavy atom. The predicted octanol–water partition coefficient (Wildman–Crippen LogP) is 6.03. The van der Waals surface area contributed by atoms with E-state index in [1.807, 2.05) is 48.5 Å². The monoisotopic (exact) mass is 468 g/mol. The molecule has 31 heavy (non-hydrogen) atoms. The second kappa shape index (κ2) is 9.18. The molecular formula is C24H18Cl2N2O2S. The molecule has 1 heterocycles. The quantitative estimate of drug-likeness (QED) is 0.475. The first-order valence-electron chi connectivity index (χ1n) is 9.51. The van der Waals surface area contributed by atoms with E-state index in [0.29, 0.717) is 32.7 Å². The van der Waals surface area contributed by atoms with Crippen LogP contribution >= 0.6 is 35.0 Å². The highest BCUT2D eigenvalue weighted by Crippen LogP contribution is 2.42. The molecule has 0 radical (unpaired) electrons. The van der Waals surface area contributed by atoms with Gasteiger partial charge in [-0.1, -0.05) is 65.3 Å². The summed E-state index contributed by atoms with van der Waals surface area (Å²) in [6.07, 6.45) is 1.82. The molecular weight excluding hydrogens is 451 g/mol. The number of fused-ring (bicyclic) bond motifs is 1. The van der Waals surface area contributed by atoms with Crippen molar-refractivity contribution in [3.63, 3.8) is 0 Å². The molecule has 3 aromatic carbocycles. The molecule has 0 unspecified atom stereocenters. The van der Waals surface area contributed by atoms with Gasteiger partial charge in [0, 0.05) is 34.1 Å². The molecule has 0 bridgehead atoms. The van der Waals surface area contributed by atoms with Crippen molar-refractivity contribution in [3.05, 3.63) is 98.4 Å². The fourth-order valence-corrected chi connectivity index (χ4v) is 4.70. The second-order valence-electron chi connectivity index (χ2n) is 6.99. The number of benzene rings is 3. The lowest BCUT2D eigenvalue weighted by atomic mass is 10.1. The van der Waals surface area contributed by atoms with Crippen LogP contribution in [0.1, 0.15) is 21.5 Å². The predicted molar refractivity (Wildman–Crippen MR) is 128 cm³/mol. The van der Waals surface area contributed by atoms with Crippen LogP contribution in [0.4, 0.5) is 5.69 Å². The van der Waals surface area contributed by atoms with Crippen LogP contribution < -0.4 is 10.2 Å². The van der Waals surface area contributed by atoms with Gasteiger partial charge in [-0.3, -0.25) is 9.59 Å². The molecule has 0 saturated carbocycles. The van der Waals surface area contributed by atoms with Gasteiger partial charge >= 0.3 is 0 Å². The van der Waals surface area contributed by atoms with Crippen LogP contribution in [0.25, 0.3) is 6.08 Å². The Morgan fingerprint density at radius 1 is 1.06 bits per heavy atom. The summed E-state index contributed by atoms with van der Waals surface area (Å²) in [5, 5.41) is 4.10. The van der Waals surface area contributed by atoms with Crippen LogP contribution in [0.5, 0.6) is 0 Å². The lowest BCUT2D eigenvalue weighted by Gasteiger charge is -2.27. The summed E-state index contributed by atoms with van der Waals surface area (Å²) in [7, 11) is 1.71. The third-order valence-electron chi connectivity index (χ3n) is 4.86. The Hall–Kier alpha value is -2.73. The maximum Gasteiger partial charge on any atom is 0.264 e. The Morgan fingerprint density at radius 2 is 1.87 bits per heavy atom. The number of nitrogens with one attached hydrogen (secondary N) is 1. The Bertz CT molecular complexity index is 1210. The first-order chi connectivity index (χ1) is 14.9. The van der Waals surface area contributed by atoms with E-state index in [-0.39, 0.29) is 11.8 Å². The van der Waals surface area contributed by atoms with Crippen molar-refractivity contribution in [2.75, 3.05) is 11.9 Å². The molecule has 0 fully saturated rings. The van der Waals surface area contributed by atoms with Gasteiger partial charge in [0.05, 0.1) is 10.6 Å². The van der Waals surface area contributed by atoms with Gasteiger partial charge < -0.3 is 10.2 Å². The third-order valence-corrected chi connectivity index (χ3v) is 6.54. The van der Waals surface area contributed by atoms with Crippen molar-refractivity contribution in [2.45, 2.75) is 11.4 Å². The number of halogens is 2. The molecule has 1 aliphatic rings. The first kappa shape index (κ1) is 21.5. The minimum Gasteiger partial charge on any atom is -0.348 e. The lowest BCUT2D eigenvalue weighted by molar-refractivity contribution is -0.114. The molecule has 0 saturated heterocycles. The van der Waals surface area contributed by atoms with E-state index in [0.717, 1.165) is 16.0 Å². The molecule has 0 aliphatic carbocycles. The second-order valence-corrected chi connectivity index (χ2v) is 8.91. The van der Waals surface area contributed by atoms with E-state index in [4.69, 9.17) is 23.2 Å². The lowest BCUT2D eigenvalue weighted by Crippen LogP contribution is -2.31. The van der Waals surface area contributed by atoms with Crippen LogP contribution in [-0.2, 0) is 11.3 Å². The topological polar surface area (TPSA) is 49.4 Å². The average molecular weight is 469 g/mol. The molecule has 156 valence electrons. The van der Waals surface area contributed by atoms with E-state index in [9.17, 15) is 9.59 Å². The van der Waals surface area contributed by atoms with Crippen LogP contribution in [0.3, 0.4) is 0 Å². The molecule has 3 aromatic rings. The number of likely N-dealkylation sites (N-methyl/N-ethyl adjacent to an activating group) is 1. The van der Waals surface area contributed by atoms with E-state index in [2.05, 4.69) is 5.32 Å². The summed E-state index contributed by atoms with van der Waals surface area (Å²) in [5.74, 6) is -0.361. The Kier molecular flexibility index (Phi) is 6.37. The highest BCUT2D eigenvalue weighted by Gasteiger charge is 2.27. The van der Waals surface area contributed by atoms with Gasteiger partial charge in [-0.25, -0.2) is 0 Å². The van der Waals surface area contributed by atoms with Crippen LogP contribution in [0.15, 0.2) is 76.5 Å². The van der Waals surface area contributed by atoms with Crippen molar-refractivity contribution < 1.29 is 9.59 Å². The summed E-state index contributed by atoms with van der Waals surface area (Å²) in [4.78, 5) is 28.6. The minimum absolute atomic E-state index is 0.133. The highest BCUT2D eigenvalue weighted by molar-refractivity contribution is 8.04. The van der Waals surface area contributed by atoms with Crippen molar-refractivity contribution in [2.24, 2.45) is 0 Å². The molecule has 0 aromatic heterocycles. The van der Waals surface area contributed by atoms with E-state index in [1.165, 1.54) is 11.8 Å². The summed E-state index contributed by atoms with van der Waals surface area (Å²) < 4.78 is 0. The average Bonchev–Trinajstić information content (AvgIpc) is 2.76. The fourth-order valence-electron chi connectivity index (χ4n) is 3.20. The smallest absolute Gasteiger partial charge is 0.264 e. The van der Waals surface area contributed by atoms with Gasteiger partial charge in [0.2, 0.25) is 0 Å². The van der Waals surface area contributed by atoms with Crippen molar-refractivity contribution in [1.29, 1.82) is 0 Å². The standard InChI is InChI=1S/C24H18Cl2N2O2S/c1-28-20-13-16(23(29)27-14-17-6-2-3-8-19(17)26)9-10-21(20)31-22(24(28)30)12-15-5-4-7-18(25)11-15/h2-13H,14H2,1H3,(H,27,29)/b22-12+. The van der Waals surface area contributed by atoms with Gasteiger partial charge in [0.15, 0.2) is 0 Å². The van der Waals surface area contributed by atoms with Crippen LogP contribution in [0, 0.1) is 0 Å². The van der Waals surface area contributed by atoms with Gasteiger partial charge in [0.1, 0.15) is 0 Å². The normalized spacial score (nSPS) is 14.5. The maximum absolute atomic E-state index is 12.9. The maximum atomic E-state index is 12.9. The Balaban J connectivity index is 1.54.